The molecule has 0 fully saturated rings. The monoisotopic (exact) mass is 219 g/mol. The van der Waals surface area contributed by atoms with Crippen LogP contribution in [0.15, 0.2) is 18.2 Å². The first-order valence-corrected chi connectivity index (χ1v) is 4.39. The molecule has 5 heteroatoms. The quantitative estimate of drug-likeness (QED) is 0.718. The van der Waals surface area contributed by atoms with Gasteiger partial charge in [0.1, 0.15) is 11.5 Å². The zero-order valence-corrected chi connectivity index (χ0v) is 8.21. The molecule has 0 atom stereocenters. The van der Waals surface area contributed by atoms with E-state index in [4.69, 9.17) is 10.4 Å². The number of nitrogens with zero attached hydrogens (tertiary/aromatic N) is 1. The van der Waals surface area contributed by atoms with E-state index in [1.165, 1.54) is 12.2 Å². The minimum absolute atomic E-state index is 0.0975. The topological polar surface area (TPSA) is 102 Å². The van der Waals surface area contributed by atoms with Crippen LogP contribution >= 0.6 is 0 Å². The first-order valence-electron chi connectivity index (χ1n) is 4.39. The predicted octanol–water partition coefficient (Wildman–Crippen LogP) is 1.72. The second-order valence-electron chi connectivity index (χ2n) is 3.00. The molecule has 0 unspecified atom stereocenters. The van der Waals surface area contributed by atoms with Gasteiger partial charge in [0.05, 0.1) is 23.6 Å². The number of carboxylic acids is 1. The van der Waals surface area contributed by atoms with Crippen molar-refractivity contribution in [1.29, 1.82) is 5.26 Å². The van der Waals surface area contributed by atoms with Crippen LogP contribution in [0.2, 0.25) is 0 Å². The van der Waals surface area contributed by atoms with Crippen molar-refractivity contribution >= 4 is 12.0 Å². The van der Waals surface area contributed by atoms with Crippen molar-refractivity contribution in [3.63, 3.8) is 0 Å². The Hall–Kier alpha value is -2.48. The van der Waals surface area contributed by atoms with Gasteiger partial charge in [0.2, 0.25) is 0 Å². The van der Waals surface area contributed by atoms with E-state index in [1.54, 1.807) is 0 Å². The Morgan fingerprint density at radius 2 is 1.94 bits per heavy atom. The highest BCUT2D eigenvalue weighted by atomic mass is 16.4. The van der Waals surface area contributed by atoms with Gasteiger partial charge in [0.15, 0.2) is 0 Å². The summed E-state index contributed by atoms with van der Waals surface area (Å²) in [5, 5.41) is 35.9. The number of aromatic carboxylic acids is 1. The third-order valence-corrected chi connectivity index (χ3v) is 1.88. The highest BCUT2D eigenvalue weighted by molar-refractivity contribution is 5.89. The van der Waals surface area contributed by atoms with Crippen LogP contribution < -0.4 is 0 Å². The van der Waals surface area contributed by atoms with Gasteiger partial charge in [-0.2, -0.15) is 5.26 Å². The number of hydrogen-bond donors (Lipinski definition) is 3. The normalized spacial score (nSPS) is 10.2. The van der Waals surface area contributed by atoms with E-state index in [-0.39, 0.29) is 29.0 Å². The Kier molecular flexibility index (Phi) is 3.51. The molecule has 0 saturated carbocycles. The number of rotatable bonds is 3. The van der Waals surface area contributed by atoms with Gasteiger partial charge in [0, 0.05) is 0 Å². The molecule has 0 saturated heterocycles. The number of phenols is 2. The van der Waals surface area contributed by atoms with Crippen LogP contribution in [0.25, 0.3) is 6.08 Å². The molecule has 1 rings (SSSR count). The minimum atomic E-state index is -1.24. The molecule has 16 heavy (non-hydrogen) atoms. The summed E-state index contributed by atoms with van der Waals surface area (Å²) in [6, 6.07) is 3.93. The van der Waals surface area contributed by atoms with Gasteiger partial charge < -0.3 is 15.3 Å². The fourth-order valence-corrected chi connectivity index (χ4v) is 1.15. The van der Waals surface area contributed by atoms with Gasteiger partial charge in [0.25, 0.3) is 0 Å². The summed E-state index contributed by atoms with van der Waals surface area (Å²) in [7, 11) is 0. The molecule has 0 amide bonds. The molecule has 1 aromatic rings. The van der Waals surface area contributed by atoms with Gasteiger partial charge >= 0.3 is 5.97 Å². The Morgan fingerprint density at radius 3 is 2.38 bits per heavy atom. The van der Waals surface area contributed by atoms with E-state index in [1.807, 2.05) is 6.07 Å². The standard InChI is InChI=1S/C11H9NO4/c12-4-2-1-3-8-9(13)5-7(11(15)16)6-10(8)14/h1,3,5-6,13-14H,2H2,(H,15,16). The maximum Gasteiger partial charge on any atom is 0.335 e. The lowest BCUT2D eigenvalue weighted by Crippen LogP contribution is -1.96. The summed E-state index contributed by atoms with van der Waals surface area (Å²) in [6.45, 7) is 0. The van der Waals surface area contributed by atoms with Gasteiger partial charge in [-0.25, -0.2) is 4.79 Å². The number of aromatic hydroxyl groups is 2. The number of benzene rings is 1. The second kappa shape index (κ2) is 4.84. The van der Waals surface area contributed by atoms with Crippen LogP contribution in [0.1, 0.15) is 22.3 Å². The van der Waals surface area contributed by atoms with Crippen LogP contribution in [-0.4, -0.2) is 21.3 Å². The molecule has 0 aliphatic carbocycles. The summed E-state index contributed by atoms with van der Waals surface area (Å²) in [6.07, 6.45) is 2.95. The maximum atomic E-state index is 10.6. The second-order valence-corrected chi connectivity index (χ2v) is 3.00. The van der Waals surface area contributed by atoms with Crippen molar-refractivity contribution in [3.8, 4) is 17.6 Å². The smallest absolute Gasteiger partial charge is 0.335 e. The molecule has 82 valence electrons. The first kappa shape index (κ1) is 11.6. The lowest BCUT2D eigenvalue weighted by atomic mass is 10.1. The molecule has 1 aromatic carbocycles. The van der Waals surface area contributed by atoms with Crippen LogP contribution in [0, 0.1) is 11.3 Å². The van der Waals surface area contributed by atoms with Crippen molar-refractivity contribution in [2.45, 2.75) is 6.42 Å². The zero-order valence-electron chi connectivity index (χ0n) is 8.21. The molecule has 5 nitrogen and oxygen atoms in total. The van der Waals surface area contributed by atoms with Gasteiger partial charge in [-0.1, -0.05) is 12.2 Å². The molecular weight excluding hydrogens is 210 g/mol. The van der Waals surface area contributed by atoms with Crippen molar-refractivity contribution in [3.05, 3.63) is 29.3 Å². The van der Waals surface area contributed by atoms with Gasteiger partial charge in [-0.05, 0) is 12.1 Å². The SMILES string of the molecule is N#CCC=Cc1c(O)cc(C(=O)O)cc1O. The molecular formula is C11H9NO4. The summed E-state index contributed by atoms with van der Waals surface area (Å²) in [5.41, 5.74) is -0.104. The highest BCUT2D eigenvalue weighted by Crippen LogP contribution is 2.30. The van der Waals surface area contributed by atoms with E-state index in [0.717, 1.165) is 12.1 Å². The van der Waals surface area contributed by atoms with Crippen LogP contribution in [-0.2, 0) is 0 Å². The van der Waals surface area contributed by atoms with Crippen molar-refractivity contribution in [2.75, 3.05) is 0 Å². The molecule has 0 bridgehead atoms. The molecule has 0 aromatic heterocycles. The fraction of sp³-hybridized carbons (Fsp3) is 0.0909. The van der Waals surface area contributed by atoms with E-state index in [0.29, 0.717) is 0 Å². The molecule has 0 aliphatic rings. The Bertz CT molecular complexity index is 462. The first-order chi connectivity index (χ1) is 7.56. The van der Waals surface area contributed by atoms with Crippen LogP contribution in [0.4, 0.5) is 0 Å². The minimum Gasteiger partial charge on any atom is -0.507 e. The summed E-state index contributed by atoms with van der Waals surface area (Å²) < 4.78 is 0. The molecule has 0 aliphatic heterocycles. The van der Waals surface area contributed by atoms with Gasteiger partial charge in [-0.3, -0.25) is 0 Å². The lowest BCUT2D eigenvalue weighted by molar-refractivity contribution is 0.0696. The Labute approximate surface area is 91.5 Å². The molecule has 0 radical (unpaired) electrons. The predicted molar refractivity (Wildman–Crippen MR) is 56.0 cm³/mol. The Morgan fingerprint density at radius 1 is 1.38 bits per heavy atom. The number of carboxylic acid groups (broad SMARTS) is 1. The van der Waals surface area contributed by atoms with Crippen LogP contribution in [0.3, 0.4) is 0 Å². The van der Waals surface area contributed by atoms with E-state index in [9.17, 15) is 15.0 Å². The number of phenolic OH excluding ortho intramolecular Hbond substituents is 2. The number of carbonyl (C=O) groups is 1. The maximum absolute atomic E-state index is 10.6. The average Bonchev–Trinajstić information content (AvgIpc) is 2.21. The van der Waals surface area contributed by atoms with Crippen molar-refractivity contribution in [2.24, 2.45) is 0 Å². The third kappa shape index (κ3) is 2.51. The number of allylic oxidation sites excluding steroid dienone is 1. The van der Waals surface area contributed by atoms with Crippen molar-refractivity contribution < 1.29 is 20.1 Å². The summed E-state index contributed by atoms with van der Waals surface area (Å²) >= 11 is 0. The summed E-state index contributed by atoms with van der Waals surface area (Å²) in [4.78, 5) is 10.6. The number of hydrogen-bond acceptors (Lipinski definition) is 4. The van der Waals surface area contributed by atoms with E-state index in [2.05, 4.69) is 0 Å². The fourth-order valence-electron chi connectivity index (χ4n) is 1.15. The largest absolute Gasteiger partial charge is 0.507 e. The van der Waals surface area contributed by atoms with Crippen LogP contribution in [0.5, 0.6) is 11.5 Å². The average molecular weight is 219 g/mol. The zero-order chi connectivity index (χ0) is 12.1. The van der Waals surface area contributed by atoms with E-state index < -0.39 is 5.97 Å². The Balaban J connectivity index is 3.13. The lowest BCUT2D eigenvalue weighted by Gasteiger charge is -2.04. The molecule has 0 spiro atoms. The summed E-state index contributed by atoms with van der Waals surface area (Å²) in [5.74, 6) is -1.92. The van der Waals surface area contributed by atoms with Crippen molar-refractivity contribution in [1.82, 2.24) is 0 Å². The van der Waals surface area contributed by atoms with E-state index >= 15 is 0 Å². The molecule has 0 heterocycles. The highest BCUT2D eigenvalue weighted by Gasteiger charge is 2.11. The van der Waals surface area contributed by atoms with Gasteiger partial charge in [-0.15, -0.1) is 0 Å². The number of nitriles is 1. The third-order valence-electron chi connectivity index (χ3n) is 1.88. The molecule has 3 N–H and O–H groups in total.